The van der Waals surface area contributed by atoms with Crippen LogP contribution in [0.4, 0.5) is 0 Å². The minimum Gasteiger partial charge on any atom is -0.326 e. The summed E-state index contributed by atoms with van der Waals surface area (Å²) in [5.74, 6) is 0.866. The lowest BCUT2D eigenvalue weighted by atomic mass is 9.96. The largest absolute Gasteiger partial charge is 0.326 e. The van der Waals surface area contributed by atoms with Crippen molar-refractivity contribution in [3.63, 3.8) is 0 Å². The average molecular weight is 196 g/mol. The minimum absolute atomic E-state index is 0.00278. The maximum absolute atomic E-state index is 5.80. The van der Waals surface area contributed by atoms with Crippen molar-refractivity contribution in [1.82, 2.24) is 14.8 Å². The fourth-order valence-corrected chi connectivity index (χ4v) is 1.06. The topological polar surface area (TPSA) is 56.7 Å². The first-order valence-electron chi connectivity index (χ1n) is 4.99. The highest BCUT2D eigenvalue weighted by Crippen LogP contribution is 2.18. The van der Waals surface area contributed by atoms with Gasteiger partial charge in [0.05, 0.1) is 6.04 Å². The van der Waals surface area contributed by atoms with E-state index in [-0.39, 0.29) is 17.5 Å². The third-order valence-corrected chi connectivity index (χ3v) is 2.36. The van der Waals surface area contributed by atoms with E-state index in [9.17, 15) is 0 Å². The Balaban J connectivity index is 2.89. The molecule has 0 aromatic carbocycles. The number of nitrogens with zero attached hydrogens (tertiary/aromatic N) is 3. The van der Waals surface area contributed by atoms with Crippen LogP contribution in [0, 0.1) is 0 Å². The first kappa shape index (κ1) is 11.2. The van der Waals surface area contributed by atoms with Crippen LogP contribution in [0.3, 0.4) is 0 Å². The van der Waals surface area contributed by atoms with Gasteiger partial charge in [-0.2, -0.15) is 5.10 Å². The van der Waals surface area contributed by atoms with E-state index in [0.29, 0.717) is 0 Å². The lowest BCUT2D eigenvalue weighted by molar-refractivity contribution is 0.414. The molecule has 14 heavy (non-hydrogen) atoms. The Morgan fingerprint density at radius 1 is 1.36 bits per heavy atom. The van der Waals surface area contributed by atoms with Gasteiger partial charge in [-0.1, -0.05) is 20.8 Å². The van der Waals surface area contributed by atoms with E-state index in [0.717, 1.165) is 5.82 Å². The zero-order valence-electron chi connectivity index (χ0n) is 9.65. The van der Waals surface area contributed by atoms with Crippen LogP contribution in [-0.4, -0.2) is 20.8 Å². The molecule has 0 fully saturated rings. The molecule has 0 saturated heterocycles. The van der Waals surface area contributed by atoms with E-state index in [1.165, 1.54) is 0 Å². The Morgan fingerprint density at radius 2 is 1.93 bits per heavy atom. The van der Waals surface area contributed by atoms with Crippen LogP contribution in [0.2, 0.25) is 0 Å². The molecule has 2 N–H and O–H groups in total. The predicted octanol–water partition coefficient (Wildman–Crippen LogP) is 1.48. The van der Waals surface area contributed by atoms with Crippen molar-refractivity contribution in [2.45, 2.75) is 52.1 Å². The van der Waals surface area contributed by atoms with Gasteiger partial charge in [0.15, 0.2) is 5.82 Å². The molecule has 80 valence electrons. The van der Waals surface area contributed by atoms with Crippen LogP contribution in [0.5, 0.6) is 0 Å². The minimum atomic E-state index is 0.00278. The normalized spacial score (nSPS) is 16.7. The standard InChI is InChI=1S/C10H20N4/c1-7(11)8(2)14-6-12-9(13-14)10(3,4)5/h6-8H,11H2,1-5H3. The molecule has 0 aliphatic carbocycles. The summed E-state index contributed by atoms with van der Waals surface area (Å²) in [6, 6.07) is 0.281. The van der Waals surface area contributed by atoms with E-state index in [1.54, 1.807) is 6.33 Å². The van der Waals surface area contributed by atoms with Crippen LogP contribution in [-0.2, 0) is 5.41 Å². The maximum Gasteiger partial charge on any atom is 0.155 e. The Labute approximate surface area is 85.5 Å². The van der Waals surface area contributed by atoms with Crippen molar-refractivity contribution in [2.24, 2.45) is 5.73 Å². The number of nitrogens with two attached hydrogens (primary N) is 1. The second-order valence-electron chi connectivity index (χ2n) is 4.90. The molecular formula is C10H20N4. The van der Waals surface area contributed by atoms with Gasteiger partial charge in [-0.3, -0.25) is 0 Å². The molecule has 1 aromatic rings. The molecule has 0 saturated carbocycles. The molecule has 0 radical (unpaired) electrons. The SMILES string of the molecule is CC(N)C(C)n1cnc(C(C)(C)C)n1. The third-order valence-electron chi connectivity index (χ3n) is 2.36. The molecule has 0 spiro atoms. The number of hydrogen-bond acceptors (Lipinski definition) is 3. The molecule has 4 heteroatoms. The van der Waals surface area contributed by atoms with Gasteiger partial charge in [0.2, 0.25) is 0 Å². The van der Waals surface area contributed by atoms with Crippen molar-refractivity contribution >= 4 is 0 Å². The lowest BCUT2D eigenvalue weighted by Crippen LogP contribution is -2.27. The van der Waals surface area contributed by atoms with E-state index in [2.05, 4.69) is 30.9 Å². The zero-order valence-corrected chi connectivity index (χ0v) is 9.65. The second kappa shape index (κ2) is 3.69. The molecule has 0 amide bonds. The third kappa shape index (κ3) is 2.32. The van der Waals surface area contributed by atoms with E-state index in [1.807, 2.05) is 18.5 Å². The fraction of sp³-hybridized carbons (Fsp3) is 0.800. The quantitative estimate of drug-likeness (QED) is 0.779. The molecular weight excluding hydrogens is 176 g/mol. The molecule has 1 heterocycles. The number of rotatable bonds is 2. The number of hydrogen-bond donors (Lipinski definition) is 1. The van der Waals surface area contributed by atoms with Gasteiger partial charge in [0, 0.05) is 11.5 Å². The summed E-state index contributed by atoms with van der Waals surface area (Å²) in [6.45, 7) is 10.3. The summed E-state index contributed by atoms with van der Waals surface area (Å²) in [6.07, 6.45) is 1.76. The first-order valence-corrected chi connectivity index (χ1v) is 4.99. The van der Waals surface area contributed by atoms with Crippen LogP contribution >= 0.6 is 0 Å². The predicted molar refractivity (Wildman–Crippen MR) is 57.1 cm³/mol. The molecule has 0 aliphatic rings. The van der Waals surface area contributed by atoms with Crippen molar-refractivity contribution in [1.29, 1.82) is 0 Å². The van der Waals surface area contributed by atoms with Crippen LogP contribution in [0.15, 0.2) is 6.33 Å². The highest BCUT2D eigenvalue weighted by Gasteiger charge is 2.20. The summed E-state index contributed by atoms with van der Waals surface area (Å²) in [7, 11) is 0. The molecule has 2 atom stereocenters. The summed E-state index contributed by atoms with van der Waals surface area (Å²) < 4.78 is 1.84. The smallest absolute Gasteiger partial charge is 0.155 e. The highest BCUT2D eigenvalue weighted by molar-refractivity contribution is 4.99. The molecule has 1 aromatic heterocycles. The second-order valence-corrected chi connectivity index (χ2v) is 4.90. The van der Waals surface area contributed by atoms with Crippen molar-refractivity contribution in [2.75, 3.05) is 0 Å². The van der Waals surface area contributed by atoms with Crippen LogP contribution in [0.1, 0.15) is 46.5 Å². The van der Waals surface area contributed by atoms with Gasteiger partial charge in [-0.05, 0) is 13.8 Å². The Morgan fingerprint density at radius 3 is 2.29 bits per heavy atom. The monoisotopic (exact) mass is 196 g/mol. The average Bonchev–Trinajstić information content (AvgIpc) is 2.49. The van der Waals surface area contributed by atoms with Crippen molar-refractivity contribution < 1.29 is 0 Å². The van der Waals surface area contributed by atoms with Gasteiger partial charge in [-0.15, -0.1) is 0 Å². The summed E-state index contributed by atoms with van der Waals surface area (Å²) in [4.78, 5) is 4.29. The van der Waals surface area contributed by atoms with E-state index >= 15 is 0 Å². The van der Waals surface area contributed by atoms with Gasteiger partial charge in [0.1, 0.15) is 6.33 Å². The first-order chi connectivity index (χ1) is 6.32. The summed E-state index contributed by atoms with van der Waals surface area (Å²) in [5, 5.41) is 4.43. The summed E-state index contributed by atoms with van der Waals surface area (Å²) >= 11 is 0. The molecule has 0 aliphatic heterocycles. The molecule has 2 unspecified atom stereocenters. The zero-order chi connectivity index (χ0) is 10.9. The molecule has 1 rings (SSSR count). The maximum atomic E-state index is 5.80. The molecule has 4 nitrogen and oxygen atoms in total. The fourth-order valence-electron chi connectivity index (χ4n) is 1.06. The van der Waals surface area contributed by atoms with Crippen LogP contribution < -0.4 is 5.73 Å². The van der Waals surface area contributed by atoms with E-state index in [4.69, 9.17) is 5.73 Å². The highest BCUT2D eigenvalue weighted by atomic mass is 15.4. The lowest BCUT2D eigenvalue weighted by Gasteiger charge is -2.16. The van der Waals surface area contributed by atoms with Gasteiger partial charge in [-0.25, -0.2) is 9.67 Å². The Kier molecular flexibility index (Phi) is 2.95. The Bertz CT molecular complexity index is 295. The molecule has 0 bridgehead atoms. The van der Waals surface area contributed by atoms with Gasteiger partial charge in [0.25, 0.3) is 0 Å². The van der Waals surface area contributed by atoms with Gasteiger partial charge < -0.3 is 5.73 Å². The summed E-state index contributed by atoms with van der Waals surface area (Å²) in [5.41, 5.74) is 5.80. The van der Waals surface area contributed by atoms with Crippen molar-refractivity contribution in [3.05, 3.63) is 12.2 Å². The van der Waals surface area contributed by atoms with Gasteiger partial charge >= 0.3 is 0 Å². The van der Waals surface area contributed by atoms with Crippen molar-refractivity contribution in [3.8, 4) is 0 Å². The number of aromatic nitrogens is 3. The van der Waals surface area contributed by atoms with Crippen LogP contribution in [0.25, 0.3) is 0 Å². The Hall–Kier alpha value is -0.900. The van der Waals surface area contributed by atoms with E-state index < -0.39 is 0 Å².